The lowest BCUT2D eigenvalue weighted by Crippen LogP contribution is -2.32. The summed E-state index contributed by atoms with van der Waals surface area (Å²) in [6, 6.07) is 15.4. The summed E-state index contributed by atoms with van der Waals surface area (Å²) in [5.41, 5.74) is 3.11. The largest absolute Gasteiger partial charge is 0.511 e. The lowest BCUT2D eigenvalue weighted by atomic mass is 10.1. The Morgan fingerprint density at radius 1 is 1.16 bits per heavy atom. The van der Waals surface area contributed by atoms with Crippen LogP contribution < -0.4 is 19.1 Å². The molecule has 32 heavy (non-hydrogen) atoms. The normalized spacial score (nSPS) is 12.7. The number of fused-ring (bicyclic) bond motifs is 1. The average Bonchev–Trinajstić information content (AvgIpc) is 2.74. The molecule has 1 heterocycles. The number of benzene rings is 3. The van der Waals surface area contributed by atoms with Crippen LogP contribution >= 0.6 is 11.6 Å². The summed E-state index contributed by atoms with van der Waals surface area (Å²) in [4.78, 5) is 13.1. The second-order valence-corrected chi connectivity index (χ2v) is 7.81. The van der Waals surface area contributed by atoms with Gasteiger partial charge < -0.3 is 24.2 Å². The van der Waals surface area contributed by atoms with E-state index in [4.69, 9.17) is 30.9 Å². The Hall–Kier alpha value is -3.45. The van der Waals surface area contributed by atoms with E-state index in [1.807, 2.05) is 31.2 Å². The molecule has 1 aliphatic rings. The minimum atomic E-state index is -1.40. The van der Waals surface area contributed by atoms with Gasteiger partial charge >= 0.3 is 6.16 Å². The lowest BCUT2D eigenvalue weighted by molar-refractivity contribution is 0.142. The zero-order chi connectivity index (χ0) is 22.7. The van der Waals surface area contributed by atoms with Crippen molar-refractivity contribution in [3.05, 3.63) is 82.1 Å². The Kier molecular flexibility index (Phi) is 6.37. The van der Waals surface area contributed by atoms with E-state index in [0.717, 1.165) is 16.8 Å². The van der Waals surface area contributed by atoms with Crippen molar-refractivity contribution in [3.63, 3.8) is 0 Å². The number of anilines is 1. The molecule has 0 spiro atoms. The summed E-state index contributed by atoms with van der Waals surface area (Å²) in [6.07, 6.45) is -1.40. The van der Waals surface area contributed by atoms with Crippen LogP contribution in [0.25, 0.3) is 0 Å². The fraction of sp³-hybridized carbons (Fsp3) is 0.208. The first-order valence-electron chi connectivity index (χ1n) is 9.98. The topological polar surface area (TPSA) is 68.2 Å². The third-order valence-electron chi connectivity index (χ3n) is 5.08. The quantitative estimate of drug-likeness (QED) is 0.371. The van der Waals surface area contributed by atoms with Crippen LogP contribution in [0.3, 0.4) is 0 Å². The number of ether oxygens (including phenoxy) is 3. The van der Waals surface area contributed by atoms with Crippen molar-refractivity contribution >= 4 is 23.4 Å². The van der Waals surface area contributed by atoms with Crippen LogP contribution in [0.15, 0.2) is 54.6 Å². The lowest BCUT2D eigenvalue weighted by Gasteiger charge is -2.32. The molecule has 0 saturated heterocycles. The standard InChI is InChI=1S/C24H21ClFNO5/c1-15-5-8-21(31-14-16-6-7-18(25)12-19(16)26)17(11-15)13-27-9-10-30-23-20(27)3-2-4-22(23)32-24(28)29/h2-8,11-12H,9-10,13-14H2,1H3,(H,28,29). The zero-order valence-corrected chi connectivity index (χ0v) is 18.1. The molecular formula is C24H21ClFNO5. The molecule has 3 aromatic rings. The van der Waals surface area contributed by atoms with Crippen molar-refractivity contribution in [2.75, 3.05) is 18.1 Å². The van der Waals surface area contributed by atoms with Gasteiger partial charge in [0.1, 0.15) is 24.8 Å². The van der Waals surface area contributed by atoms with Gasteiger partial charge in [0, 0.05) is 22.7 Å². The number of aryl methyl sites for hydroxylation is 1. The van der Waals surface area contributed by atoms with Gasteiger partial charge in [0.2, 0.25) is 0 Å². The maximum absolute atomic E-state index is 14.1. The highest BCUT2D eigenvalue weighted by Gasteiger charge is 2.24. The predicted molar refractivity (Wildman–Crippen MR) is 119 cm³/mol. The maximum atomic E-state index is 14.1. The first-order valence-corrected chi connectivity index (χ1v) is 10.4. The number of hydrogen-bond donors (Lipinski definition) is 1. The molecule has 3 aromatic carbocycles. The molecule has 0 aromatic heterocycles. The fourth-order valence-electron chi connectivity index (χ4n) is 3.59. The Labute approximate surface area is 189 Å². The molecule has 0 atom stereocenters. The minimum absolute atomic E-state index is 0.0648. The summed E-state index contributed by atoms with van der Waals surface area (Å²) in [7, 11) is 0. The Bertz CT molecular complexity index is 1150. The van der Waals surface area contributed by atoms with Crippen molar-refractivity contribution in [1.29, 1.82) is 0 Å². The molecule has 166 valence electrons. The van der Waals surface area contributed by atoms with Crippen LogP contribution in [-0.4, -0.2) is 24.4 Å². The van der Waals surface area contributed by atoms with E-state index in [2.05, 4.69) is 4.90 Å². The summed E-state index contributed by atoms with van der Waals surface area (Å²) in [5, 5.41) is 9.32. The molecule has 0 fully saturated rings. The average molecular weight is 458 g/mol. The van der Waals surface area contributed by atoms with Crippen molar-refractivity contribution in [2.45, 2.75) is 20.1 Å². The molecular weight excluding hydrogens is 437 g/mol. The number of carboxylic acid groups (broad SMARTS) is 1. The van der Waals surface area contributed by atoms with Crippen LogP contribution in [0.5, 0.6) is 17.2 Å². The molecule has 0 saturated carbocycles. The van der Waals surface area contributed by atoms with E-state index < -0.39 is 12.0 Å². The van der Waals surface area contributed by atoms with Gasteiger partial charge in [-0.15, -0.1) is 0 Å². The van der Waals surface area contributed by atoms with Crippen LogP contribution in [0.2, 0.25) is 5.02 Å². The van der Waals surface area contributed by atoms with Gasteiger partial charge in [0.05, 0.1) is 12.2 Å². The van der Waals surface area contributed by atoms with Gasteiger partial charge in [-0.05, 0) is 37.3 Å². The molecule has 8 heteroatoms. The Balaban J connectivity index is 1.58. The van der Waals surface area contributed by atoms with Crippen LogP contribution in [0.4, 0.5) is 14.9 Å². The summed E-state index contributed by atoms with van der Waals surface area (Å²) in [5.74, 6) is 0.758. The van der Waals surface area contributed by atoms with Gasteiger partial charge in [-0.2, -0.15) is 0 Å². The van der Waals surface area contributed by atoms with E-state index in [1.165, 1.54) is 6.07 Å². The molecule has 0 radical (unpaired) electrons. The number of nitrogens with zero attached hydrogens (tertiary/aromatic N) is 1. The van der Waals surface area contributed by atoms with Crippen LogP contribution in [0.1, 0.15) is 16.7 Å². The van der Waals surface area contributed by atoms with E-state index in [9.17, 15) is 9.18 Å². The van der Waals surface area contributed by atoms with Gasteiger partial charge in [-0.25, -0.2) is 9.18 Å². The Morgan fingerprint density at radius 2 is 2.00 bits per heavy atom. The van der Waals surface area contributed by atoms with Crippen LogP contribution in [0, 0.1) is 12.7 Å². The second kappa shape index (κ2) is 9.36. The summed E-state index contributed by atoms with van der Waals surface area (Å²) >= 11 is 5.83. The highest BCUT2D eigenvalue weighted by molar-refractivity contribution is 6.30. The molecule has 6 nitrogen and oxygen atoms in total. The van der Waals surface area contributed by atoms with E-state index >= 15 is 0 Å². The Morgan fingerprint density at radius 3 is 2.78 bits per heavy atom. The monoisotopic (exact) mass is 457 g/mol. The van der Waals surface area contributed by atoms with Crippen molar-refractivity contribution < 1.29 is 28.5 Å². The van der Waals surface area contributed by atoms with Gasteiger partial charge in [0.15, 0.2) is 11.5 Å². The molecule has 4 rings (SSSR count). The van der Waals surface area contributed by atoms with Gasteiger partial charge in [0.25, 0.3) is 0 Å². The minimum Gasteiger partial charge on any atom is -0.488 e. The van der Waals surface area contributed by atoms with Crippen LogP contribution in [-0.2, 0) is 13.2 Å². The smallest absolute Gasteiger partial charge is 0.488 e. The zero-order valence-electron chi connectivity index (χ0n) is 17.3. The number of para-hydroxylation sites is 1. The molecule has 1 aliphatic heterocycles. The molecule has 0 amide bonds. The van der Waals surface area contributed by atoms with E-state index in [-0.39, 0.29) is 12.4 Å². The number of hydrogen-bond acceptors (Lipinski definition) is 5. The fourth-order valence-corrected chi connectivity index (χ4v) is 3.75. The number of carbonyl (C=O) groups is 1. The van der Waals surface area contributed by atoms with Gasteiger partial charge in [-0.1, -0.05) is 41.4 Å². The maximum Gasteiger partial charge on any atom is 0.511 e. The first kappa shape index (κ1) is 21.8. The summed E-state index contributed by atoms with van der Waals surface area (Å²) in [6.45, 7) is 3.52. The molecule has 0 aliphatic carbocycles. The van der Waals surface area contributed by atoms with Gasteiger partial charge in [-0.3, -0.25) is 0 Å². The molecule has 0 bridgehead atoms. The number of rotatable bonds is 6. The van der Waals surface area contributed by atoms with Crippen molar-refractivity contribution in [3.8, 4) is 17.2 Å². The second-order valence-electron chi connectivity index (χ2n) is 7.38. The van der Waals surface area contributed by atoms with Crippen molar-refractivity contribution in [1.82, 2.24) is 0 Å². The third-order valence-corrected chi connectivity index (χ3v) is 5.31. The predicted octanol–water partition coefficient (Wildman–Crippen LogP) is 5.82. The number of halogens is 2. The van der Waals surface area contributed by atoms with Crippen molar-refractivity contribution in [2.24, 2.45) is 0 Å². The van der Waals surface area contributed by atoms with E-state index in [1.54, 1.807) is 24.3 Å². The SMILES string of the molecule is Cc1ccc(OCc2ccc(Cl)cc2F)c(CN2CCOc3c(OC(=O)O)cccc32)c1. The highest BCUT2D eigenvalue weighted by atomic mass is 35.5. The first-order chi connectivity index (χ1) is 15.4. The molecule has 0 unspecified atom stereocenters. The summed E-state index contributed by atoms with van der Waals surface area (Å²) < 4.78 is 30.7. The molecule has 1 N–H and O–H groups in total. The highest BCUT2D eigenvalue weighted by Crippen LogP contribution is 2.41. The third kappa shape index (κ3) is 4.89. The van der Waals surface area contributed by atoms with E-state index in [0.29, 0.717) is 41.8 Å².